The molecule has 0 spiro atoms. The van der Waals surface area contributed by atoms with Crippen LogP contribution >= 0.6 is 0 Å². The van der Waals surface area contributed by atoms with Crippen molar-refractivity contribution in [2.24, 2.45) is 0 Å². The number of hydrogen-bond donors (Lipinski definition) is 3. The zero-order chi connectivity index (χ0) is 22.1. The highest BCUT2D eigenvalue weighted by Crippen LogP contribution is 2.30. The van der Waals surface area contributed by atoms with E-state index in [-0.39, 0.29) is 29.4 Å². The summed E-state index contributed by atoms with van der Waals surface area (Å²) in [7, 11) is 0. The molecule has 3 N–H and O–H groups in total. The molecule has 0 aliphatic carbocycles. The SMILES string of the molecule is O=[N+]([O-])c1cc(N2CCOCC2)ccc1NCCCCCCN1CCC(O)CC1CO. The minimum absolute atomic E-state index is 0.0754. The quantitative estimate of drug-likeness (QED) is 0.275. The summed E-state index contributed by atoms with van der Waals surface area (Å²) in [5.41, 5.74) is 1.55. The van der Waals surface area contributed by atoms with Gasteiger partial charge in [0.2, 0.25) is 0 Å². The third-order valence-corrected chi connectivity index (χ3v) is 6.26. The summed E-state index contributed by atoms with van der Waals surface area (Å²) < 4.78 is 5.35. The van der Waals surface area contributed by atoms with E-state index in [1.54, 1.807) is 6.07 Å². The van der Waals surface area contributed by atoms with Crippen LogP contribution in [0.3, 0.4) is 0 Å². The van der Waals surface area contributed by atoms with Crippen LogP contribution in [-0.4, -0.2) is 84.7 Å². The fourth-order valence-corrected chi connectivity index (χ4v) is 4.42. The second-order valence-corrected chi connectivity index (χ2v) is 8.45. The molecule has 0 bridgehead atoms. The largest absolute Gasteiger partial charge is 0.395 e. The molecule has 0 saturated carbocycles. The molecule has 2 saturated heterocycles. The Morgan fingerprint density at radius 3 is 2.68 bits per heavy atom. The van der Waals surface area contributed by atoms with Crippen molar-refractivity contribution in [3.63, 3.8) is 0 Å². The molecular weight excluding hydrogens is 400 g/mol. The molecule has 2 fully saturated rings. The highest BCUT2D eigenvalue weighted by Gasteiger charge is 2.26. The van der Waals surface area contributed by atoms with Crippen LogP contribution in [0.1, 0.15) is 38.5 Å². The van der Waals surface area contributed by atoms with E-state index in [1.807, 2.05) is 12.1 Å². The lowest BCUT2D eigenvalue weighted by Gasteiger charge is -2.36. The third kappa shape index (κ3) is 7.03. The van der Waals surface area contributed by atoms with E-state index in [9.17, 15) is 20.3 Å². The average molecular weight is 437 g/mol. The molecule has 3 rings (SSSR count). The molecule has 31 heavy (non-hydrogen) atoms. The molecule has 0 aromatic heterocycles. The zero-order valence-corrected chi connectivity index (χ0v) is 18.2. The van der Waals surface area contributed by atoms with Gasteiger partial charge in [-0.05, 0) is 44.4 Å². The van der Waals surface area contributed by atoms with Crippen LogP contribution in [0.5, 0.6) is 0 Å². The molecule has 2 aliphatic rings. The van der Waals surface area contributed by atoms with E-state index in [4.69, 9.17) is 4.74 Å². The summed E-state index contributed by atoms with van der Waals surface area (Å²) in [5, 5.41) is 34.0. The van der Waals surface area contributed by atoms with E-state index in [2.05, 4.69) is 15.1 Å². The second kappa shape index (κ2) is 12.2. The Kier molecular flexibility index (Phi) is 9.32. The van der Waals surface area contributed by atoms with Crippen molar-refractivity contribution in [3.05, 3.63) is 28.3 Å². The van der Waals surface area contributed by atoms with Gasteiger partial charge in [-0.25, -0.2) is 0 Å². The van der Waals surface area contributed by atoms with E-state index in [0.29, 0.717) is 31.9 Å². The second-order valence-electron chi connectivity index (χ2n) is 8.45. The van der Waals surface area contributed by atoms with Crippen molar-refractivity contribution in [3.8, 4) is 0 Å². The first-order valence-electron chi connectivity index (χ1n) is 11.5. The van der Waals surface area contributed by atoms with Crippen LogP contribution in [0.15, 0.2) is 18.2 Å². The van der Waals surface area contributed by atoms with E-state index in [0.717, 1.165) is 64.0 Å². The molecule has 1 aromatic rings. The van der Waals surface area contributed by atoms with Crippen LogP contribution in [0, 0.1) is 10.1 Å². The molecule has 174 valence electrons. The van der Waals surface area contributed by atoms with Gasteiger partial charge < -0.3 is 25.2 Å². The minimum atomic E-state index is -0.320. The van der Waals surface area contributed by atoms with E-state index >= 15 is 0 Å². The predicted octanol–water partition coefficient (Wildman–Crippen LogP) is 2.22. The van der Waals surface area contributed by atoms with Crippen LogP contribution in [0.25, 0.3) is 0 Å². The lowest BCUT2D eigenvalue weighted by molar-refractivity contribution is -0.383. The molecule has 9 heteroatoms. The normalized spacial score (nSPS) is 22.5. The number of unbranched alkanes of at least 4 members (excludes halogenated alkanes) is 3. The van der Waals surface area contributed by atoms with Crippen LogP contribution in [-0.2, 0) is 4.74 Å². The lowest BCUT2D eigenvalue weighted by atomic mass is 9.99. The first-order valence-corrected chi connectivity index (χ1v) is 11.5. The van der Waals surface area contributed by atoms with Crippen LogP contribution < -0.4 is 10.2 Å². The number of nitrogens with one attached hydrogen (secondary N) is 1. The van der Waals surface area contributed by atoms with Crippen molar-refractivity contribution in [1.82, 2.24) is 4.90 Å². The Labute approximate surface area is 184 Å². The Hall–Kier alpha value is -1.94. The number of likely N-dealkylation sites (tertiary alicyclic amines) is 1. The molecular formula is C22H36N4O5. The number of piperidine rings is 1. The number of nitrogens with zero attached hydrogens (tertiary/aromatic N) is 3. The maximum absolute atomic E-state index is 11.5. The summed E-state index contributed by atoms with van der Waals surface area (Å²) in [6.07, 6.45) is 5.29. The Morgan fingerprint density at radius 2 is 1.94 bits per heavy atom. The molecule has 0 radical (unpaired) electrons. The maximum atomic E-state index is 11.5. The van der Waals surface area contributed by atoms with Gasteiger partial charge in [0.15, 0.2) is 0 Å². The minimum Gasteiger partial charge on any atom is -0.395 e. The fourth-order valence-electron chi connectivity index (χ4n) is 4.42. The van der Waals surface area contributed by atoms with Crippen molar-refractivity contribution in [2.45, 2.75) is 50.7 Å². The fraction of sp³-hybridized carbons (Fsp3) is 0.727. The Balaban J connectivity index is 1.37. The standard InChI is InChI=1S/C22H36N4O5/c27-17-19-15-20(28)7-10-24(19)9-4-2-1-3-8-23-21-6-5-18(16-22(21)26(29)30)25-11-13-31-14-12-25/h5-6,16,19-20,23,27-28H,1-4,7-15,17H2. The van der Waals surface area contributed by atoms with Gasteiger partial charge in [-0.2, -0.15) is 0 Å². The average Bonchev–Trinajstić information content (AvgIpc) is 2.79. The van der Waals surface area contributed by atoms with Crippen molar-refractivity contribution in [1.29, 1.82) is 0 Å². The van der Waals surface area contributed by atoms with E-state index < -0.39 is 0 Å². The number of hydrogen-bond acceptors (Lipinski definition) is 8. The van der Waals surface area contributed by atoms with Crippen molar-refractivity contribution < 1.29 is 19.9 Å². The maximum Gasteiger partial charge on any atom is 0.294 e. The number of nitro benzene ring substituents is 1. The van der Waals surface area contributed by atoms with E-state index in [1.165, 1.54) is 0 Å². The topological polar surface area (TPSA) is 111 Å². The van der Waals surface area contributed by atoms with Gasteiger partial charge in [-0.15, -0.1) is 0 Å². The van der Waals surface area contributed by atoms with Crippen molar-refractivity contribution in [2.75, 3.05) is 62.8 Å². The number of anilines is 2. The molecule has 1 aromatic carbocycles. The molecule has 2 heterocycles. The first-order chi connectivity index (χ1) is 15.1. The summed E-state index contributed by atoms with van der Waals surface area (Å²) in [6, 6.07) is 5.48. The molecule has 9 nitrogen and oxygen atoms in total. The Morgan fingerprint density at radius 1 is 1.16 bits per heavy atom. The van der Waals surface area contributed by atoms with Gasteiger partial charge in [-0.3, -0.25) is 15.0 Å². The number of ether oxygens (including phenoxy) is 1. The van der Waals surface area contributed by atoms with Gasteiger partial charge in [0, 0.05) is 44.0 Å². The number of aliphatic hydroxyl groups excluding tert-OH is 2. The number of nitro groups is 1. The molecule has 2 unspecified atom stereocenters. The molecule has 2 atom stereocenters. The van der Waals surface area contributed by atoms with Gasteiger partial charge in [0.1, 0.15) is 5.69 Å². The Bertz CT molecular complexity index is 698. The monoisotopic (exact) mass is 436 g/mol. The number of rotatable bonds is 11. The van der Waals surface area contributed by atoms with Gasteiger partial charge in [0.25, 0.3) is 5.69 Å². The van der Waals surface area contributed by atoms with Gasteiger partial charge >= 0.3 is 0 Å². The molecule has 0 amide bonds. The highest BCUT2D eigenvalue weighted by molar-refractivity contribution is 5.68. The first kappa shape index (κ1) is 23.7. The van der Waals surface area contributed by atoms with Gasteiger partial charge in [-0.1, -0.05) is 12.8 Å². The van der Waals surface area contributed by atoms with Gasteiger partial charge in [0.05, 0.1) is 30.8 Å². The number of aliphatic hydroxyl groups is 2. The van der Waals surface area contributed by atoms with Crippen LogP contribution in [0.2, 0.25) is 0 Å². The number of morpholine rings is 1. The number of benzene rings is 1. The van der Waals surface area contributed by atoms with Crippen molar-refractivity contribution >= 4 is 17.1 Å². The summed E-state index contributed by atoms with van der Waals surface area (Å²) in [4.78, 5) is 15.6. The predicted molar refractivity (Wildman–Crippen MR) is 121 cm³/mol. The molecule has 2 aliphatic heterocycles. The zero-order valence-electron chi connectivity index (χ0n) is 18.2. The lowest BCUT2D eigenvalue weighted by Crippen LogP contribution is -2.46. The summed E-state index contributed by atoms with van der Waals surface area (Å²) >= 11 is 0. The smallest absolute Gasteiger partial charge is 0.294 e. The summed E-state index contributed by atoms with van der Waals surface area (Å²) in [6.45, 7) is 5.39. The highest BCUT2D eigenvalue weighted by atomic mass is 16.6. The third-order valence-electron chi connectivity index (χ3n) is 6.26. The van der Waals surface area contributed by atoms with Crippen LogP contribution in [0.4, 0.5) is 17.1 Å². The summed E-state index contributed by atoms with van der Waals surface area (Å²) in [5.74, 6) is 0.